The van der Waals surface area contributed by atoms with E-state index in [1.807, 2.05) is 0 Å². The van der Waals surface area contributed by atoms with E-state index >= 15 is 0 Å². The molecule has 4 nitrogen and oxygen atoms in total. The molecule has 1 saturated heterocycles. The van der Waals surface area contributed by atoms with E-state index < -0.39 is 0 Å². The van der Waals surface area contributed by atoms with Crippen molar-refractivity contribution in [3.63, 3.8) is 0 Å². The lowest BCUT2D eigenvalue weighted by molar-refractivity contribution is 0.103. The fourth-order valence-electron chi connectivity index (χ4n) is 1.86. The van der Waals surface area contributed by atoms with Gasteiger partial charge in [0.05, 0.1) is 6.10 Å². The average molecular weight is 245 g/mol. The van der Waals surface area contributed by atoms with Crippen LogP contribution in [0.1, 0.15) is 37.5 Å². The molecule has 0 aromatic carbocycles. The Morgan fingerprint density at radius 1 is 1.25 bits per heavy atom. The summed E-state index contributed by atoms with van der Waals surface area (Å²) >= 11 is 5.60. The molecule has 5 heteroatoms. The normalized spacial score (nSPS) is 20.4. The van der Waals surface area contributed by atoms with Crippen molar-refractivity contribution in [3.8, 4) is 0 Å². The summed E-state index contributed by atoms with van der Waals surface area (Å²) in [6.07, 6.45) is 6.18. The van der Waals surface area contributed by atoms with Crippen LogP contribution in [0.5, 0.6) is 0 Å². The number of aromatic nitrogens is 2. The summed E-state index contributed by atoms with van der Waals surface area (Å²) in [6.45, 7) is 0.898. The lowest BCUT2D eigenvalue weighted by atomic mass is 10.1. The molecular weight excluding hydrogens is 228 g/mol. The van der Waals surface area contributed by atoms with Gasteiger partial charge in [0, 0.05) is 25.3 Å². The zero-order valence-electron chi connectivity index (χ0n) is 9.32. The van der Waals surface area contributed by atoms with Crippen molar-refractivity contribution >= 4 is 11.6 Å². The molecule has 2 rings (SSSR count). The standard InChI is InChI=1S/C11H17ClN2O2/c12-7-1-4-10-13-14-11(16-10)6-5-9-3-2-8-15-9/h9H,1-8H2. The van der Waals surface area contributed by atoms with Crippen LogP contribution in [-0.2, 0) is 17.6 Å². The van der Waals surface area contributed by atoms with Crippen LogP contribution in [0.15, 0.2) is 4.42 Å². The van der Waals surface area contributed by atoms with E-state index in [2.05, 4.69) is 10.2 Å². The predicted molar refractivity (Wildman–Crippen MR) is 60.6 cm³/mol. The van der Waals surface area contributed by atoms with Crippen molar-refractivity contribution < 1.29 is 9.15 Å². The Labute approximate surface area is 100 Å². The molecule has 0 spiro atoms. The van der Waals surface area contributed by atoms with E-state index in [0.29, 0.717) is 17.9 Å². The highest BCUT2D eigenvalue weighted by atomic mass is 35.5. The molecule has 0 saturated carbocycles. The monoisotopic (exact) mass is 244 g/mol. The predicted octanol–water partition coefficient (Wildman–Crippen LogP) is 2.35. The summed E-state index contributed by atoms with van der Waals surface area (Å²) in [7, 11) is 0. The number of hydrogen-bond donors (Lipinski definition) is 0. The Morgan fingerprint density at radius 3 is 2.75 bits per heavy atom. The van der Waals surface area contributed by atoms with Gasteiger partial charge in [0.25, 0.3) is 0 Å². The molecule has 0 amide bonds. The number of ether oxygens (including phenoxy) is 1. The number of rotatable bonds is 6. The molecule has 1 aliphatic rings. The number of aryl methyl sites for hydroxylation is 2. The third-order valence-electron chi connectivity index (χ3n) is 2.74. The lowest BCUT2D eigenvalue weighted by Gasteiger charge is -2.05. The molecule has 1 atom stereocenters. The van der Waals surface area contributed by atoms with Crippen LogP contribution in [0.3, 0.4) is 0 Å². The fourth-order valence-corrected chi connectivity index (χ4v) is 2.00. The fraction of sp³-hybridized carbons (Fsp3) is 0.818. The van der Waals surface area contributed by atoms with E-state index in [1.165, 1.54) is 6.42 Å². The van der Waals surface area contributed by atoms with Crippen molar-refractivity contribution in [3.05, 3.63) is 11.8 Å². The average Bonchev–Trinajstić information content (AvgIpc) is 2.95. The highest BCUT2D eigenvalue weighted by Gasteiger charge is 2.16. The smallest absolute Gasteiger partial charge is 0.216 e. The Morgan fingerprint density at radius 2 is 2.06 bits per heavy atom. The molecule has 90 valence electrons. The molecule has 0 aliphatic carbocycles. The van der Waals surface area contributed by atoms with Crippen molar-refractivity contribution in [1.82, 2.24) is 10.2 Å². The van der Waals surface area contributed by atoms with E-state index in [4.69, 9.17) is 20.8 Å². The number of nitrogens with zero attached hydrogens (tertiary/aromatic N) is 2. The topological polar surface area (TPSA) is 48.2 Å². The molecular formula is C11H17ClN2O2. The molecule has 16 heavy (non-hydrogen) atoms. The van der Waals surface area contributed by atoms with Crippen LogP contribution in [0.25, 0.3) is 0 Å². The number of hydrogen-bond acceptors (Lipinski definition) is 4. The van der Waals surface area contributed by atoms with Gasteiger partial charge in [-0.2, -0.15) is 0 Å². The largest absolute Gasteiger partial charge is 0.425 e. The van der Waals surface area contributed by atoms with Gasteiger partial charge >= 0.3 is 0 Å². The van der Waals surface area contributed by atoms with Crippen molar-refractivity contribution in [2.24, 2.45) is 0 Å². The minimum absolute atomic E-state index is 0.387. The van der Waals surface area contributed by atoms with Gasteiger partial charge in [-0.15, -0.1) is 21.8 Å². The van der Waals surface area contributed by atoms with E-state index in [9.17, 15) is 0 Å². The summed E-state index contributed by atoms with van der Waals surface area (Å²) in [5.41, 5.74) is 0. The van der Waals surface area contributed by atoms with Gasteiger partial charge in [0.2, 0.25) is 11.8 Å². The van der Waals surface area contributed by atoms with Crippen molar-refractivity contribution in [2.45, 2.75) is 44.6 Å². The second-order valence-electron chi connectivity index (χ2n) is 4.06. The van der Waals surface area contributed by atoms with Gasteiger partial charge in [-0.05, 0) is 25.7 Å². The van der Waals surface area contributed by atoms with Crippen molar-refractivity contribution in [1.29, 1.82) is 0 Å². The van der Waals surface area contributed by atoms with Gasteiger partial charge in [0.15, 0.2) is 0 Å². The third-order valence-corrected chi connectivity index (χ3v) is 3.00. The Balaban J connectivity index is 1.73. The second-order valence-corrected chi connectivity index (χ2v) is 4.43. The molecule has 1 aromatic rings. The maximum Gasteiger partial charge on any atom is 0.216 e. The van der Waals surface area contributed by atoms with Crippen molar-refractivity contribution in [2.75, 3.05) is 12.5 Å². The summed E-state index contributed by atoms with van der Waals surface area (Å²) in [5, 5.41) is 8.00. The summed E-state index contributed by atoms with van der Waals surface area (Å²) in [6, 6.07) is 0. The van der Waals surface area contributed by atoms with Crippen LogP contribution in [0, 0.1) is 0 Å². The minimum Gasteiger partial charge on any atom is -0.425 e. The molecule has 1 aromatic heterocycles. The molecule has 0 bridgehead atoms. The highest BCUT2D eigenvalue weighted by Crippen LogP contribution is 2.17. The zero-order valence-corrected chi connectivity index (χ0v) is 10.1. The first kappa shape index (κ1) is 11.9. The van der Waals surface area contributed by atoms with Crippen LogP contribution in [-0.4, -0.2) is 28.8 Å². The maximum absolute atomic E-state index is 5.60. The third kappa shape index (κ3) is 3.46. The van der Waals surface area contributed by atoms with Crippen LogP contribution in [0.2, 0.25) is 0 Å². The van der Waals surface area contributed by atoms with Crippen LogP contribution >= 0.6 is 11.6 Å². The first-order valence-corrected chi connectivity index (χ1v) is 6.41. The van der Waals surface area contributed by atoms with Gasteiger partial charge in [-0.1, -0.05) is 0 Å². The van der Waals surface area contributed by atoms with Gasteiger partial charge in [-0.3, -0.25) is 0 Å². The van der Waals surface area contributed by atoms with E-state index in [1.54, 1.807) is 0 Å². The molecule has 0 N–H and O–H groups in total. The summed E-state index contributed by atoms with van der Waals surface area (Å²) in [4.78, 5) is 0. The summed E-state index contributed by atoms with van der Waals surface area (Å²) in [5.74, 6) is 2.05. The maximum atomic E-state index is 5.60. The molecule has 1 unspecified atom stereocenters. The molecule has 0 radical (unpaired) electrons. The first-order valence-electron chi connectivity index (χ1n) is 5.87. The Hall–Kier alpha value is -0.610. The van der Waals surface area contributed by atoms with E-state index in [0.717, 1.165) is 44.6 Å². The number of halogens is 1. The van der Waals surface area contributed by atoms with Crippen LogP contribution < -0.4 is 0 Å². The van der Waals surface area contributed by atoms with Gasteiger partial charge in [0.1, 0.15) is 0 Å². The molecule has 2 heterocycles. The molecule has 1 aliphatic heterocycles. The van der Waals surface area contributed by atoms with Gasteiger partial charge in [-0.25, -0.2) is 0 Å². The Bertz CT molecular complexity index is 311. The first-order chi connectivity index (χ1) is 7.88. The van der Waals surface area contributed by atoms with Gasteiger partial charge < -0.3 is 9.15 Å². The Kier molecular flexibility index (Phi) is 4.60. The lowest BCUT2D eigenvalue weighted by Crippen LogP contribution is -2.06. The number of alkyl halides is 1. The van der Waals surface area contributed by atoms with E-state index in [-0.39, 0.29) is 0 Å². The zero-order chi connectivity index (χ0) is 11.2. The summed E-state index contributed by atoms with van der Waals surface area (Å²) < 4.78 is 11.0. The quantitative estimate of drug-likeness (QED) is 0.721. The molecule has 1 fully saturated rings. The SMILES string of the molecule is ClCCCc1nnc(CCC2CCCO2)o1. The van der Waals surface area contributed by atoms with Crippen LogP contribution in [0.4, 0.5) is 0 Å². The highest BCUT2D eigenvalue weighted by molar-refractivity contribution is 6.17. The minimum atomic E-state index is 0.387. The second kappa shape index (κ2) is 6.21.